The van der Waals surface area contributed by atoms with Crippen LogP contribution in [-0.4, -0.2) is 51.4 Å². The summed E-state index contributed by atoms with van der Waals surface area (Å²) in [5, 5.41) is 43.8. The summed E-state index contributed by atoms with van der Waals surface area (Å²) >= 11 is 0. The standard InChI is InChI=1S/C27H27NO9/c1-12-24(32)22-15(10-28-12)11-37-27(22)18-8-16(13(2)29)25(33)23(26(18)34)17(9-21(31)36-4)14-5-6-20(35-3)19(30)7-14/h5-8,10,17,27,30,32-34H,9,11H2,1-4H3/t17-,27-/m0/s1. The van der Waals surface area contributed by atoms with Crippen LogP contribution in [0.1, 0.15) is 69.2 Å². The Labute approximate surface area is 212 Å². The van der Waals surface area contributed by atoms with Crippen molar-refractivity contribution in [2.45, 2.75) is 38.9 Å². The molecule has 1 aliphatic rings. The van der Waals surface area contributed by atoms with E-state index in [2.05, 4.69) is 4.98 Å². The summed E-state index contributed by atoms with van der Waals surface area (Å²) in [4.78, 5) is 29.1. The number of phenolic OH excluding ortho intramolecular Hbond substituents is 3. The lowest BCUT2D eigenvalue weighted by Crippen LogP contribution is -2.13. The molecule has 3 aromatic rings. The van der Waals surface area contributed by atoms with Crippen molar-refractivity contribution in [2.24, 2.45) is 0 Å². The molecule has 2 aromatic carbocycles. The largest absolute Gasteiger partial charge is 0.507 e. The number of methoxy groups -OCH3 is 2. The van der Waals surface area contributed by atoms with Gasteiger partial charge in [-0.3, -0.25) is 14.6 Å². The van der Waals surface area contributed by atoms with Crippen molar-refractivity contribution < 1.29 is 44.2 Å². The topological polar surface area (TPSA) is 156 Å². The maximum atomic E-state index is 12.5. The third-order valence-electron chi connectivity index (χ3n) is 6.58. The Balaban J connectivity index is 1.98. The molecule has 2 atom stereocenters. The van der Waals surface area contributed by atoms with Crippen LogP contribution in [0.2, 0.25) is 0 Å². The van der Waals surface area contributed by atoms with Gasteiger partial charge in [-0.2, -0.15) is 0 Å². The summed E-state index contributed by atoms with van der Waals surface area (Å²) in [6, 6.07) is 5.69. The molecule has 1 aliphatic heterocycles. The zero-order valence-electron chi connectivity index (χ0n) is 20.7. The Morgan fingerprint density at radius 1 is 1.11 bits per heavy atom. The molecule has 0 bridgehead atoms. The minimum atomic E-state index is -1.03. The number of ether oxygens (including phenoxy) is 3. The normalized spacial score (nSPS) is 15.2. The smallest absolute Gasteiger partial charge is 0.306 e. The van der Waals surface area contributed by atoms with Gasteiger partial charge in [-0.25, -0.2) is 0 Å². The van der Waals surface area contributed by atoms with Crippen molar-refractivity contribution in [3.63, 3.8) is 0 Å². The van der Waals surface area contributed by atoms with Gasteiger partial charge in [-0.15, -0.1) is 0 Å². The molecule has 37 heavy (non-hydrogen) atoms. The van der Waals surface area contributed by atoms with Crippen LogP contribution in [-0.2, 0) is 20.9 Å². The molecule has 0 fully saturated rings. The van der Waals surface area contributed by atoms with Gasteiger partial charge in [-0.1, -0.05) is 6.07 Å². The molecular weight excluding hydrogens is 482 g/mol. The van der Waals surface area contributed by atoms with Crippen molar-refractivity contribution in [3.05, 3.63) is 69.5 Å². The molecule has 2 heterocycles. The number of hydrogen-bond donors (Lipinski definition) is 4. The first kappa shape index (κ1) is 25.8. The van der Waals surface area contributed by atoms with Gasteiger partial charge in [0, 0.05) is 34.4 Å². The SMILES string of the molecule is COC(=O)C[C@@H](c1ccc(OC)c(O)c1)c1c(O)c(C(C)=O)cc([C@@H]2OCc3cnc(C)c(O)c32)c1O. The molecule has 1 aromatic heterocycles. The minimum Gasteiger partial charge on any atom is -0.507 e. The maximum absolute atomic E-state index is 12.5. The Kier molecular flexibility index (Phi) is 6.95. The molecule has 4 N–H and O–H groups in total. The number of aromatic hydroxyl groups is 4. The molecule has 0 amide bonds. The van der Waals surface area contributed by atoms with Crippen LogP contribution in [0.25, 0.3) is 0 Å². The van der Waals surface area contributed by atoms with Crippen molar-refractivity contribution >= 4 is 11.8 Å². The van der Waals surface area contributed by atoms with E-state index in [1.165, 1.54) is 39.3 Å². The van der Waals surface area contributed by atoms with Gasteiger partial charge in [-0.05, 0) is 37.6 Å². The highest BCUT2D eigenvalue weighted by molar-refractivity contribution is 5.98. The van der Waals surface area contributed by atoms with E-state index < -0.39 is 35.3 Å². The molecule has 0 unspecified atom stereocenters. The van der Waals surface area contributed by atoms with E-state index in [1.54, 1.807) is 19.2 Å². The fourth-order valence-electron chi connectivity index (χ4n) is 4.63. The number of nitrogens with zero attached hydrogens (tertiary/aromatic N) is 1. The predicted molar refractivity (Wildman–Crippen MR) is 130 cm³/mol. The Bertz CT molecular complexity index is 1400. The molecule has 0 spiro atoms. The quantitative estimate of drug-likeness (QED) is 0.273. The van der Waals surface area contributed by atoms with Crippen LogP contribution in [0.5, 0.6) is 28.7 Å². The van der Waals surface area contributed by atoms with Gasteiger partial charge in [0.25, 0.3) is 0 Å². The fraction of sp³-hybridized carbons (Fsp3) is 0.296. The summed E-state index contributed by atoms with van der Waals surface area (Å²) in [7, 11) is 2.58. The molecule has 0 aliphatic carbocycles. The van der Waals surface area contributed by atoms with E-state index >= 15 is 0 Å². The Hall–Kier alpha value is -4.31. The number of phenols is 3. The Morgan fingerprint density at radius 3 is 2.46 bits per heavy atom. The second kappa shape index (κ2) is 9.98. The molecule has 4 rings (SSSR count). The number of ketones is 1. The summed E-state index contributed by atoms with van der Waals surface area (Å²) in [5.41, 5.74) is 1.58. The highest BCUT2D eigenvalue weighted by Crippen LogP contribution is 2.51. The van der Waals surface area contributed by atoms with Crippen molar-refractivity contribution in [1.29, 1.82) is 0 Å². The van der Waals surface area contributed by atoms with Crippen LogP contribution < -0.4 is 4.74 Å². The third-order valence-corrected chi connectivity index (χ3v) is 6.58. The number of fused-ring (bicyclic) bond motifs is 1. The summed E-state index contributed by atoms with van der Waals surface area (Å²) in [6.07, 6.45) is 0.257. The van der Waals surface area contributed by atoms with Crippen LogP contribution in [0, 0.1) is 6.92 Å². The number of aromatic nitrogens is 1. The average molecular weight is 510 g/mol. The van der Waals surface area contributed by atoms with E-state index in [0.717, 1.165) is 0 Å². The Morgan fingerprint density at radius 2 is 1.84 bits per heavy atom. The van der Waals surface area contributed by atoms with Gasteiger partial charge < -0.3 is 34.6 Å². The van der Waals surface area contributed by atoms with Gasteiger partial charge in [0.2, 0.25) is 0 Å². The lowest BCUT2D eigenvalue weighted by Gasteiger charge is -2.25. The van der Waals surface area contributed by atoms with Gasteiger partial charge in [0.05, 0.1) is 38.5 Å². The fourth-order valence-corrected chi connectivity index (χ4v) is 4.63. The monoisotopic (exact) mass is 509 g/mol. The van der Waals surface area contributed by atoms with Crippen LogP contribution in [0.3, 0.4) is 0 Å². The number of pyridine rings is 1. The molecule has 0 radical (unpaired) electrons. The highest BCUT2D eigenvalue weighted by atomic mass is 16.5. The van der Waals surface area contributed by atoms with Crippen molar-refractivity contribution in [2.75, 3.05) is 14.2 Å². The number of rotatable bonds is 7. The zero-order valence-corrected chi connectivity index (χ0v) is 20.7. The number of hydrogen-bond acceptors (Lipinski definition) is 10. The maximum Gasteiger partial charge on any atom is 0.306 e. The minimum absolute atomic E-state index is 0.101. The lowest BCUT2D eigenvalue weighted by atomic mass is 9.83. The molecule has 10 nitrogen and oxygen atoms in total. The summed E-state index contributed by atoms with van der Waals surface area (Å²) in [6.45, 7) is 2.98. The summed E-state index contributed by atoms with van der Waals surface area (Å²) in [5.74, 6) is -3.29. The average Bonchev–Trinajstić information content (AvgIpc) is 3.30. The number of aryl methyl sites for hydroxylation is 1. The number of esters is 1. The zero-order chi connectivity index (χ0) is 27.0. The van der Waals surface area contributed by atoms with E-state index in [9.17, 15) is 30.0 Å². The highest BCUT2D eigenvalue weighted by Gasteiger charge is 2.36. The number of Topliss-reactive ketones (excluding diaryl/α,β-unsaturated/α-hetero) is 1. The first-order valence-electron chi connectivity index (χ1n) is 11.4. The van der Waals surface area contributed by atoms with E-state index in [0.29, 0.717) is 22.4 Å². The third kappa shape index (κ3) is 4.51. The molecule has 10 heteroatoms. The van der Waals surface area contributed by atoms with Gasteiger partial charge >= 0.3 is 5.97 Å². The van der Waals surface area contributed by atoms with Crippen LogP contribution in [0.15, 0.2) is 30.5 Å². The van der Waals surface area contributed by atoms with E-state index in [1.807, 2.05) is 0 Å². The van der Waals surface area contributed by atoms with Crippen LogP contribution >= 0.6 is 0 Å². The summed E-state index contributed by atoms with van der Waals surface area (Å²) < 4.78 is 15.8. The van der Waals surface area contributed by atoms with Crippen molar-refractivity contribution in [1.82, 2.24) is 4.98 Å². The molecule has 0 saturated carbocycles. The molecule has 194 valence electrons. The predicted octanol–water partition coefficient (Wildman–Crippen LogP) is 3.74. The van der Waals surface area contributed by atoms with Gasteiger partial charge in [0.15, 0.2) is 17.3 Å². The molecule has 0 saturated heterocycles. The number of carbonyl (C=O) groups is 2. The second-order valence-corrected chi connectivity index (χ2v) is 8.77. The van der Waals surface area contributed by atoms with Crippen molar-refractivity contribution in [3.8, 4) is 28.7 Å². The van der Waals surface area contributed by atoms with E-state index in [4.69, 9.17) is 14.2 Å². The van der Waals surface area contributed by atoms with E-state index in [-0.39, 0.29) is 47.0 Å². The second-order valence-electron chi connectivity index (χ2n) is 8.77. The first-order valence-corrected chi connectivity index (χ1v) is 11.4. The number of carbonyl (C=O) groups excluding carboxylic acids is 2. The van der Waals surface area contributed by atoms with Gasteiger partial charge in [0.1, 0.15) is 23.4 Å². The first-order chi connectivity index (χ1) is 17.6. The number of benzene rings is 2. The van der Waals surface area contributed by atoms with Crippen LogP contribution in [0.4, 0.5) is 0 Å². The lowest BCUT2D eigenvalue weighted by molar-refractivity contribution is -0.140. The molecular formula is C27H27NO9.